The van der Waals surface area contributed by atoms with Crippen LogP contribution in [0.4, 0.5) is 10.1 Å². The molecule has 0 saturated carbocycles. The average molecular weight is 360 g/mol. The summed E-state index contributed by atoms with van der Waals surface area (Å²) in [5, 5.41) is 10.7. The number of hydrogen-bond acceptors (Lipinski definition) is 5. The van der Waals surface area contributed by atoms with Crippen LogP contribution in [0, 0.1) is 15.9 Å². The van der Waals surface area contributed by atoms with Crippen LogP contribution in [-0.2, 0) is 4.79 Å². The molecule has 1 unspecified atom stereocenters. The van der Waals surface area contributed by atoms with Crippen molar-refractivity contribution in [3.05, 3.63) is 69.5 Å². The quantitative estimate of drug-likeness (QED) is 0.430. The van der Waals surface area contributed by atoms with Crippen molar-refractivity contribution in [1.82, 2.24) is 4.90 Å². The van der Waals surface area contributed by atoms with Crippen LogP contribution in [0.25, 0.3) is 0 Å². The predicted molar refractivity (Wildman–Crippen MR) is 91.6 cm³/mol. The van der Waals surface area contributed by atoms with Crippen molar-refractivity contribution in [3.8, 4) is 5.75 Å². The van der Waals surface area contributed by atoms with Crippen LogP contribution in [-0.4, -0.2) is 35.7 Å². The van der Waals surface area contributed by atoms with E-state index in [2.05, 4.69) is 0 Å². The second-order valence-electron chi connectivity index (χ2n) is 5.62. The zero-order valence-electron chi connectivity index (χ0n) is 14.2. The Morgan fingerprint density at radius 1 is 1.31 bits per heavy atom. The summed E-state index contributed by atoms with van der Waals surface area (Å²) in [6, 6.07) is 9.04. The maximum Gasteiger partial charge on any atom is 0.270 e. The number of nitro benzene ring substituents is 1. The number of carbonyl (C=O) groups excluding carboxylic acids is 2. The van der Waals surface area contributed by atoms with Gasteiger partial charge in [-0.25, -0.2) is 4.39 Å². The molecule has 0 bridgehead atoms. The van der Waals surface area contributed by atoms with E-state index >= 15 is 0 Å². The van der Waals surface area contributed by atoms with Crippen LogP contribution in [0.2, 0.25) is 0 Å². The van der Waals surface area contributed by atoms with Gasteiger partial charge in [0.05, 0.1) is 16.5 Å². The van der Waals surface area contributed by atoms with Crippen LogP contribution in [0.15, 0.2) is 42.5 Å². The first-order chi connectivity index (χ1) is 12.3. The number of aldehydes is 1. The Morgan fingerprint density at radius 2 is 1.96 bits per heavy atom. The lowest BCUT2D eigenvalue weighted by Crippen LogP contribution is -2.33. The second-order valence-corrected chi connectivity index (χ2v) is 5.62. The van der Waals surface area contributed by atoms with E-state index in [9.17, 15) is 24.1 Å². The summed E-state index contributed by atoms with van der Waals surface area (Å²) < 4.78 is 18.3. The zero-order chi connectivity index (χ0) is 19.3. The molecule has 0 heterocycles. The molecule has 2 aromatic rings. The van der Waals surface area contributed by atoms with Gasteiger partial charge in [-0.05, 0) is 30.7 Å². The molecular weight excluding hydrogens is 343 g/mol. The topological polar surface area (TPSA) is 89.8 Å². The number of hydrogen-bond donors (Lipinski definition) is 0. The summed E-state index contributed by atoms with van der Waals surface area (Å²) in [7, 11) is 1.58. The highest BCUT2D eigenvalue weighted by Gasteiger charge is 2.19. The van der Waals surface area contributed by atoms with Gasteiger partial charge in [-0.2, -0.15) is 0 Å². The Morgan fingerprint density at radius 3 is 2.54 bits per heavy atom. The number of amides is 1. The minimum atomic E-state index is -0.625. The lowest BCUT2D eigenvalue weighted by atomic mass is 10.1. The SMILES string of the molecule is CC(c1ccc(F)cc1)N(C)C(=O)COc1ccc([N+](=O)[O-])cc1C=O. The largest absolute Gasteiger partial charge is 0.483 e. The third kappa shape index (κ3) is 4.41. The number of likely N-dealkylation sites (N-methyl/N-ethyl adjacent to an activating group) is 1. The van der Waals surface area contributed by atoms with Gasteiger partial charge in [0.15, 0.2) is 12.9 Å². The minimum absolute atomic E-state index is 0.0127. The number of benzene rings is 2. The highest BCUT2D eigenvalue weighted by atomic mass is 19.1. The average Bonchev–Trinajstić information content (AvgIpc) is 2.65. The van der Waals surface area contributed by atoms with Gasteiger partial charge in [-0.1, -0.05) is 12.1 Å². The van der Waals surface area contributed by atoms with Crippen molar-refractivity contribution in [1.29, 1.82) is 0 Å². The van der Waals surface area contributed by atoms with E-state index in [0.717, 1.165) is 11.6 Å². The lowest BCUT2D eigenvalue weighted by Gasteiger charge is -2.25. The third-order valence-corrected chi connectivity index (χ3v) is 4.01. The first-order valence-corrected chi connectivity index (χ1v) is 7.71. The summed E-state index contributed by atoms with van der Waals surface area (Å²) in [6.07, 6.45) is 0.428. The van der Waals surface area contributed by atoms with Crippen LogP contribution in [0.1, 0.15) is 28.9 Å². The molecule has 0 saturated heterocycles. The number of non-ortho nitro benzene ring substituents is 1. The second kappa shape index (κ2) is 8.19. The van der Waals surface area contributed by atoms with Crippen LogP contribution >= 0.6 is 0 Å². The molecule has 0 N–H and O–H groups in total. The fraction of sp³-hybridized carbons (Fsp3) is 0.222. The zero-order valence-corrected chi connectivity index (χ0v) is 14.2. The molecular formula is C18H17FN2O5. The van der Waals surface area contributed by atoms with Gasteiger partial charge in [0, 0.05) is 19.2 Å². The lowest BCUT2D eigenvalue weighted by molar-refractivity contribution is -0.384. The normalized spacial score (nSPS) is 11.5. The van der Waals surface area contributed by atoms with Gasteiger partial charge in [0.1, 0.15) is 11.6 Å². The van der Waals surface area contributed by atoms with Gasteiger partial charge in [0.25, 0.3) is 11.6 Å². The van der Waals surface area contributed by atoms with Gasteiger partial charge in [-0.3, -0.25) is 19.7 Å². The van der Waals surface area contributed by atoms with Crippen LogP contribution in [0.5, 0.6) is 5.75 Å². The van der Waals surface area contributed by atoms with Crippen molar-refractivity contribution in [3.63, 3.8) is 0 Å². The van der Waals surface area contributed by atoms with Crippen LogP contribution < -0.4 is 4.74 Å². The summed E-state index contributed by atoms with van der Waals surface area (Å²) in [5.41, 5.74) is 0.500. The standard InChI is InChI=1S/C18H17FN2O5/c1-12(13-3-5-15(19)6-4-13)20(2)18(23)11-26-17-8-7-16(21(24)25)9-14(17)10-22/h3-10,12H,11H2,1-2H3. The number of rotatable bonds is 7. The molecule has 8 heteroatoms. The molecule has 0 aliphatic heterocycles. The molecule has 2 aromatic carbocycles. The Hall–Kier alpha value is -3.29. The van der Waals surface area contributed by atoms with E-state index in [-0.39, 0.29) is 41.4 Å². The Balaban J connectivity index is 2.04. The van der Waals surface area contributed by atoms with Crippen molar-refractivity contribution < 1.29 is 23.6 Å². The van der Waals surface area contributed by atoms with Gasteiger partial charge >= 0.3 is 0 Å². The highest BCUT2D eigenvalue weighted by molar-refractivity contribution is 5.82. The number of ether oxygens (including phenoxy) is 1. The number of nitrogens with zero attached hydrogens (tertiary/aromatic N) is 2. The minimum Gasteiger partial charge on any atom is -0.483 e. The maximum atomic E-state index is 13.0. The summed E-state index contributed by atoms with van der Waals surface area (Å²) in [6.45, 7) is 1.44. The maximum absolute atomic E-state index is 13.0. The molecule has 1 atom stereocenters. The van der Waals surface area contributed by atoms with E-state index in [1.165, 1.54) is 29.2 Å². The number of carbonyl (C=O) groups is 2. The first kappa shape index (κ1) is 19.0. The first-order valence-electron chi connectivity index (χ1n) is 7.71. The molecule has 0 aliphatic rings. The molecule has 0 radical (unpaired) electrons. The monoisotopic (exact) mass is 360 g/mol. The van der Waals surface area contributed by atoms with Crippen molar-refractivity contribution in [2.24, 2.45) is 0 Å². The smallest absolute Gasteiger partial charge is 0.270 e. The van der Waals surface area contributed by atoms with E-state index in [1.807, 2.05) is 0 Å². The van der Waals surface area contributed by atoms with E-state index in [1.54, 1.807) is 26.1 Å². The summed E-state index contributed by atoms with van der Waals surface area (Å²) in [5.74, 6) is -0.642. The fourth-order valence-electron chi connectivity index (χ4n) is 2.30. The van der Waals surface area contributed by atoms with E-state index in [0.29, 0.717) is 6.29 Å². The van der Waals surface area contributed by atoms with Gasteiger partial charge in [-0.15, -0.1) is 0 Å². The Kier molecular flexibility index (Phi) is 6.00. The molecule has 0 aromatic heterocycles. The molecule has 2 rings (SSSR count). The Labute approximate surface area is 149 Å². The molecule has 0 spiro atoms. The van der Waals surface area contributed by atoms with Crippen molar-refractivity contribution in [2.75, 3.05) is 13.7 Å². The van der Waals surface area contributed by atoms with Crippen LogP contribution in [0.3, 0.4) is 0 Å². The summed E-state index contributed by atoms with van der Waals surface area (Å²) >= 11 is 0. The molecule has 0 fully saturated rings. The molecule has 1 amide bonds. The van der Waals surface area contributed by atoms with Gasteiger partial charge in [0.2, 0.25) is 0 Å². The molecule has 136 valence electrons. The third-order valence-electron chi connectivity index (χ3n) is 4.01. The fourth-order valence-corrected chi connectivity index (χ4v) is 2.30. The molecule has 26 heavy (non-hydrogen) atoms. The van der Waals surface area contributed by atoms with Crippen molar-refractivity contribution >= 4 is 17.9 Å². The number of halogens is 1. The molecule has 0 aliphatic carbocycles. The molecule has 7 nitrogen and oxygen atoms in total. The summed E-state index contributed by atoms with van der Waals surface area (Å²) in [4.78, 5) is 34.9. The van der Waals surface area contributed by atoms with Gasteiger partial charge < -0.3 is 9.64 Å². The number of nitro groups is 1. The van der Waals surface area contributed by atoms with Crippen molar-refractivity contribution in [2.45, 2.75) is 13.0 Å². The van der Waals surface area contributed by atoms with E-state index < -0.39 is 4.92 Å². The highest BCUT2D eigenvalue weighted by Crippen LogP contribution is 2.23. The predicted octanol–water partition coefficient (Wildman–Crippen LogP) is 3.14. The van der Waals surface area contributed by atoms with E-state index in [4.69, 9.17) is 4.74 Å². The Bertz CT molecular complexity index is 823.